The molecule has 0 aromatic heterocycles. The van der Waals surface area contributed by atoms with Gasteiger partial charge in [0.05, 0.1) is 6.61 Å². The molecule has 0 spiro atoms. The molecule has 1 rings (SSSR count). The van der Waals surface area contributed by atoms with E-state index in [1.54, 1.807) is 0 Å². The molecule has 94 valence electrons. The van der Waals surface area contributed by atoms with Gasteiger partial charge in [0.1, 0.15) is 6.61 Å². The monoisotopic (exact) mass is 226 g/mol. The Balaban J connectivity index is 2.28. The van der Waals surface area contributed by atoms with Gasteiger partial charge in [0.2, 0.25) is 0 Å². The second kappa shape index (κ2) is 6.39. The van der Waals surface area contributed by atoms with E-state index in [1.807, 2.05) is 13.8 Å². The zero-order valence-corrected chi connectivity index (χ0v) is 11.2. The van der Waals surface area contributed by atoms with Crippen LogP contribution in [0.1, 0.15) is 47.0 Å². The van der Waals surface area contributed by atoms with Gasteiger partial charge < -0.3 is 4.74 Å². The Labute approximate surface area is 99.8 Å². The van der Waals surface area contributed by atoms with Crippen molar-refractivity contribution in [3.8, 4) is 0 Å². The molecule has 1 saturated carbocycles. The second-order valence-electron chi connectivity index (χ2n) is 5.69. The van der Waals surface area contributed by atoms with Gasteiger partial charge in [0.15, 0.2) is 5.78 Å². The first kappa shape index (κ1) is 13.7. The van der Waals surface area contributed by atoms with Gasteiger partial charge in [-0.05, 0) is 17.8 Å². The van der Waals surface area contributed by atoms with Crippen molar-refractivity contribution in [2.75, 3.05) is 13.2 Å². The minimum absolute atomic E-state index is 0.0983. The fraction of sp³-hybridized carbons (Fsp3) is 0.929. The van der Waals surface area contributed by atoms with Gasteiger partial charge in [-0.25, -0.2) is 0 Å². The molecular weight excluding hydrogens is 200 g/mol. The molecule has 0 saturated heterocycles. The third-order valence-corrected chi connectivity index (χ3v) is 3.98. The van der Waals surface area contributed by atoms with Gasteiger partial charge in [0, 0.05) is 5.92 Å². The summed E-state index contributed by atoms with van der Waals surface area (Å²) < 4.78 is 5.59. The van der Waals surface area contributed by atoms with Crippen molar-refractivity contribution >= 4 is 5.78 Å². The van der Waals surface area contributed by atoms with Crippen molar-refractivity contribution in [1.82, 2.24) is 0 Å². The van der Waals surface area contributed by atoms with Gasteiger partial charge in [0.25, 0.3) is 0 Å². The molecule has 16 heavy (non-hydrogen) atoms. The van der Waals surface area contributed by atoms with E-state index < -0.39 is 0 Å². The largest absolute Gasteiger partial charge is 0.373 e. The first-order valence-corrected chi connectivity index (χ1v) is 6.62. The Bertz CT molecular complexity index is 213. The molecule has 0 radical (unpaired) electrons. The quantitative estimate of drug-likeness (QED) is 0.719. The number of rotatable bonds is 5. The third kappa shape index (κ3) is 3.89. The number of Topliss-reactive ketones (excluding diaryl/α,β-unsaturated/α-hetero) is 1. The Hall–Kier alpha value is -0.370. The molecule has 0 aliphatic heterocycles. The average Bonchev–Trinajstić information content (AvgIpc) is 2.22. The van der Waals surface area contributed by atoms with Crippen LogP contribution in [0.5, 0.6) is 0 Å². The Morgan fingerprint density at radius 1 is 1.25 bits per heavy atom. The zero-order valence-electron chi connectivity index (χ0n) is 11.2. The Morgan fingerprint density at radius 3 is 2.31 bits per heavy atom. The summed E-state index contributed by atoms with van der Waals surface area (Å²) in [6, 6.07) is 0. The lowest BCUT2D eigenvalue weighted by Crippen LogP contribution is -2.30. The zero-order chi connectivity index (χ0) is 12.1. The minimum Gasteiger partial charge on any atom is -0.373 e. The summed E-state index contributed by atoms with van der Waals surface area (Å²) in [4.78, 5) is 11.4. The SMILES string of the molecule is CC(C)C(=O)COCC1C(C)CCCC1C. The highest BCUT2D eigenvalue weighted by molar-refractivity contribution is 5.81. The number of carbonyl (C=O) groups is 1. The van der Waals surface area contributed by atoms with E-state index in [-0.39, 0.29) is 11.7 Å². The molecule has 2 nitrogen and oxygen atoms in total. The van der Waals surface area contributed by atoms with Crippen LogP contribution in [0.15, 0.2) is 0 Å². The van der Waals surface area contributed by atoms with Crippen LogP contribution in [0.2, 0.25) is 0 Å². The van der Waals surface area contributed by atoms with Crippen LogP contribution in [0.3, 0.4) is 0 Å². The minimum atomic E-state index is 0.0983. The van der Waals surface area contributed by atoms with Crippen molar-refractivity contribution in [2.24, 2.45) is 23.7 Å². The van der Waals surface area contributed by atoms with Gasteiger partial charge in [-0.3, -0.25) is 4.79 Å². The lowest BCUT2D eigenvalue weighted by molar-refractivity contribution is -0.127. The fourth-order valence-corrected chi connectivity index (χ4v) is 2.54. The van der Waals surface area contributed by atoms with Gasteiger partial charge in [-0.15, -0.1) is 0 Å². The lowest BCUT2D eigenvalue weighted by Gasteiger charge is -2.34. The predicted octanol–water partition coefficient (Wildman–Crippen LogP) is 3.30. The van der Waals surface area contributed by atoms with E-state index in [0.29, 0.717) is 12.5 Å². The highest BCUT2D eigenvalue weighted by Gasteiger charge is 2.27. The van der Waals surface area contributed by atoms with Crippen molar-refractivity contribution < 1.29 is 9.53 Å². The number of ketones is 1. The number of hydrogen-bond acceptors (Lipinski definition) is 2. The van der Waals surface area contributed by atoms with E-state index >= 15 is 0 Å². The molecule has 2 unspecified atom stereocenters. The van der Waals surface area contributed by atoms with Crippen LogP contribution >= 0.6 is 0 Å². The summed E-state index contributed by atoms with van der Waals surface area (Å²) in [5.41, 5.74) is 0. The maximum absolute atomic E-state index is 11.4. The molecule has 2 atom stereocenters. The number of carbonyl (C=O) groups excluding carboxylic acids is 1. The van der Waals surface area contributed by atoms with E-state index in [1.165, 1.54) is 19.3 Å². The molecule has 1 aliphatic rings. The molecule has 0 amide bonds. The Morgan fingerprint density at radius 2 is 1.81 bits per heavy atom. The maximum atomic E-state index is 11.4. The third-order valence-electron chi connectivity index (χ3n) is 3.98. The predicted molar refractivity (Wildman–Crippen MR) is 66.3 cm³/mol. The second-order valence-corrected chi connectivity index (χ2v) is 5.69. The van der Waals surface area contributed by atoms with E-state index in [2.05, 4.69) is 13.8 Å². The van der Waals surface area contributed by atoms with Gasteiger partial charge in [-0.1, -0.05) is 47.0 Å². The van der Waals surface area contributed by atoms with Crippen molar-refractivity contribution in [3.05, 3.63) is 0 Å². The Kier molecular flexibility index (Phi) is 5.47. The first-order chi connectivity index (χ1) is 7.52. The lowest BCUT2D eigenvalue weighted by atomic mass is 9.74. The van der Waals surface area contributed by atoms with E-state index in [9.17, 15) is 4.79 Å². The molecule has 1 aliphatic carbocycles. The van der Waals surface area contributed by atoms with Crippen LogP contribution in [0.25, 0.3) is 0 Å². The van der Waals surface area contributed by atoms with Gasteiger partial charge >= 0.3 is 0 Å². The molecule has 0 bridgehead atoms. The summed E-state index contributed by atoms with van der Waals surface area (Å²) in [5.74, 6) is 2.46. The summed E-state index contributed by atoms with van der Waals surface area (Å²) in [6.45, 7) is 9.55. The molecule has 2 heteroatoms. The number of hydrogen-bond donors (Lipinski definition) is 0. The number of ether oxygens (including phenoxy) is 1. The smallest absolute Gasteiger partial charge is 0.160 e. The highest BCUT2D eigenvalue weighted by atomic mass is 16.5. The first-order valence-electron chi connectivity index (χ1n) is 6.62. The molecule has 0 heterocycles. The van der Waals surface area contributed by atoms with Crippen LogP contribution < -0.4 is 0 Å². The van der Waals surface area contributed by atoms with Crippen LogP contribution in [-0.2, 0) is 9.53 Å². The van der Waals surface area contributed by atoms with Crippen molar-refractivity contribution in [2.45, 2.75) is 47.0 Å². The fourth-order valence-electron chi connectivity index (χ4n) is 2.54. The standard InChI is InChI=1S/C14H26O2/c1-10(2)14(15)9-16-8-13-11(3)6-5-7-12(13)4/h10-13H,5-9H2,1-4H3. The van der Waals surface area contributed by atoms with Crippen LogP contribution in [0, 0.1) is 23.7 Å². The van der Waals surface area contributed by atoms with E-state index in [4.69, 9.17) is 4.74 Å². The van der Waals surface area contributed by atoms with Crippen molar-refractivity contribution in [3.63, 3.8) is 0 Å². The normalized spacial score (nSPS) is 30.7. The molecule has 1 fully saturated rings. The maximum Gasteiger partial charge on any atom is 0.160 e. The summed E-state index contributed by atoms with van der Waals surface area (Å²) in [5, 5.41) is 0. The molecule has 0 aromatic rings. The molecule has 0 aromatic carbocycles. The summed E-state index contributed by atoms with van der Waals surface area (Å²) in [7, 11) is 0. The summed E-state index contributed by atoms with van der Waals surface area (Å²) in [6.07, 6.45) is 3.98. The summed E-state index contributed by atoms with van der Waals surface area (Å²) >= 11 is 0. The van der Waals surface area contributed by atoms with Crippen LogP contribution in [0.4, 0.5) is 0 Å². The highest BCUT2D eigenvalue weighted by Crippen LogP contribution is 2.34. The topological polar surface area (TPSA) is 26.3 Å². The van der Waals surface area contributed by atoms with Crippen molar-refractivity contribution in [1.29, 1.82) is 0 Å². The van der Waals surface area contributed by atoms with E-state index in [0.717, 1.165) is 18.4 Å². The average molecular weight is 226 g/mol. The molecule has 0 N–H and O–H groups in total. The molecular formula is C14H26O2. The van der Waals surface area contributed by atoms with Crippen LogP contribution in [-0.4, -0.2) is 19.0 Å². The van der Waals surface area contributed by atoms with Gasteiger partial charge in [-0.2, -0.15) is 0 Å².